The van der Waals surface area contributed by atoms with E-state index in [0.29, 0.717) is 18.2 Å². The Balaban J connectivity index is 1.63. The van der Waals surface area contributed by atoms with Gasteiger partial charge in [0.25, 0.3) is 0 Å². The van der Waals surface area contributed by atoms with Gasteiger partial charge in [-0.15, -0.1) is 0 Å². The summed E-state index contributed by atoms with van der Waals surface area (Å²) in [6.07, 6.45) is 3.08. The Bertz CT molecular complexity index is 646. The molecule has 0 saturated heterocycles. The Kier molecular flexibility index (Phi) is 3.80. The fraction of sp³-hybridized carbons (Fsp3) is 0.400. The molecule has 5 nitrogen and oxygen atoms in total. The fourth-order valence-electron chi connectivity index (χ4n) is 2.41. The SMILES string of the molecule is CC1(C(=O)NCc2nc(-c3ccc(Br)cc3)n[nH]2)CCC1. The highest BCUT2D eigenvalue weighted by Crippen LogP contribution is 2.40. The molecule has 0 unspecified atom stereocenters. The van der Waals surface area contributed by atoms with Crippen molar-refractivity contribution >= 4 is 21.8 Å². The molecule has 0 spiro atoms. The summed E-state index contributed by atoms with van der Waals surface area (Å²) in [6, 6.07) is 7.80. The molecule has 1 aliphatic carbocycles. The normalized spacial score (nSPS) is 16.3. The number of aromatic amines is 1. The molecule has 1 aromatic carbocycles. The number of benzene rings is 1. The van der Waals surface area contributed by atoms with E-state index in [1.165, 1.54) is 0 Å². The number of H-pyrrole nitrogens is 1. The van der Waals surface area contributed by atoms with Crippen LogP contribution in [0.5, 0.6) is 0 Å². The summed E-state index contributed by atoms with van der Waals surface area (Å²) in [5.41, 5.74) is 0.757. The van der Waals surface area contributed by atoms with E-state index < -0.39 is 0 Å². The zero-order valence-electron chi connectivity index (χ0n) is 11.8. The van der Waals surface area contributed by atoms with Gasteiger partial charge in [0.05, 0.1) is 6.54 Å². The number of hydrogen-bond acceptors (Lipinski definition) is 3. The van der Waals surface area contributed by atoms with Crippen molar-refractivity contribution in [2.24, 2.45) is 5.41 Å². The topological polar surface area (TPSA) is 70.7 Å². The minimum absolute atomic E-state index is 0.107. The second-order valence-electron chi connectivity index (χ2n) is 5.71. The van der Waals surface area contributed by atoms with E-state index >= 15 is 0 Å². The Hall–Kier alpha value is -1.69. The second kappa shape index (κ2) is 5.60. The Morgan fingerprint density at radius 3 is 2.71 bits per heavy atom. The monoisotopic (exact) mass is 348 g/mol. The maximum absolute atomic E-state index is 12.1. The van der Waals surface area contributed by atoms with Crippen LogP contribution >= 0.6 is 15.9 Å². The van der Waals surface area contributed by atoms with E-state index in [1.807, 2.05) is 31.2 Å². The van der Waals surface area contributed by atoms with Crippen LogP contribution < -0.4 is 5.32 Å². The molecule has 2 aromatic rings. The summed E-state index contributed by atoms with van der Waals surface area (Å²) in [6.45, 7) is 2.40. The quantitative estimate of drug-likeness (QED) is 0.891. The smallest absolute Gasteiger partial charge is 0.226 e. The summed E-state index contributed by atoms with van der Waals surface area (Å²) >= 11 is 3.40. The summed E-state index contributed by atoms with van der Waals surface area (Å²) in [7, 11) is 0. The molecule has 1 amide bonds. The van der Waals surface area contributed by atoms with Gasteiger partial charge in [-0.1, -0.05) is 41.4 Å². The van der Waals surface area contributed by atoms with Crippen molar-refractivity contribution in [2.75, 3.05) is 0 Å². The van der Waals surface area contributed by atoms with E-state index in [4.69, 9.17) is 0 Å². The highest BCUT2D eigenvalue weighted by atomic mass is 79.9. The third-order valence-electron chi connectivity index (χ3n) is 4.06. The van der Waals surface area contributed by atoms with E-state index in [0.717, 1.165) is 29.3 Å². The number of rotatable bonds is 4. The van der Waals surface area contributed by atoms with Gasteiger partial charge in [0.15, 0.2) is 5.82 Å². The van der Waals surface area contributed by atoms with Crippen LogP contribution in [0.1, 0.15) is 32.0 Å². The first kappa shape index (κ1) is 14.3. The molecule has 1 heterocycles. The third kappa shape index (κ3) is 3.00. The van der Waals surface area contributed by atoms with E-state index in [9.17, 15) is 4.79 Å². The average Bonchev–Trinajstić information content (AvgIpc) is 2.92. The molecular formula is C15H17BrN4O. The summed E-state index contributed by atoms with van der Waals surface area (Å²) in [5, 5.41) is 10.00. The molecule has 0 atom stereocenters. The zero-order valence-corrected chi connectivity index (χ0v) is 13.4. The standard InChI is InChI=1S/C15H17BrN4O/c1-15(7-2-8-15)14(21)17-9-12-18-13(20-19-12)10-3-5-11(16)6-4-10/h3-6H,2,7-9H2,1H3,(H,17,21)(H,18,19,20). The van der Waals surface area contributed by atoms with Crippen molar-refractivity contribution in [3.63, 3.8) is 0 Å². The van der Waals surface area contributed by atoms with E-state index in [2.05, 4.69) is 36.4 Å². The van der Waals surface area contributed by atoms with Gasteiger partial charge in [-0.2, -0.15) is 5.10 Å². The lowest BCUT2D eigenvalue weighted by molar-refractivity contribution is -0.134. The van der Waals surface area contributed by atoms with Gasteiger partial charge >= 0.3 is 0 Å². The van der Waals surface area contributed by atoms with Gasteiger partial charge < -0.3 is 5.32 Å². The molecule has 3 rings (SSSR count). The van der Waals surface area contributed by atoms with Crippen molar-refractivity contribution in [1.29, 1.82) is 0 Å². The van der Waals surface area contributed by atoms with Crippen LogP contribution in [0, 0.1) is 5.41 Å². The Morgan fingerprint density at radius 1 is 1.38 bits per heavy atom. The first-order chi connectivity index (χ1) is 10.1. The minimum Gasteiger partial charge on any atom is -0.348 e. The molecule has 1 fully saturated rings. The van der Waals surface area contributed by atoms with Crippen molar-refractivity contribution in [3.8, 4) is 11.4 Å². The van der Waals surface area contributed by atoms with Crippen molar-refractivity contribution < 1.29 is 4.79 Å². The lowest BCUT2D eigenvalue weighted by atomic mass is 9.70. The minimum atomic E-state index is -0.186. The molecule has 6 heteroatoms. The molecule has 0 radical (unpaired) electrons. The summed E-state index contributed by atoms with van der Waals surface area (Å²) < 4.78 is 1.02. The van der Waals surface area contributed by atoms with Crippen molar-refractivity contribution in [3.05, 3.63) is 34.6 Å². The van der Waals surface area contributed by atoms with E-state index in [-0.39, 0.29) is 11.3 Å². The second-order valence-corrected chi connectivity index (χ2v) is 6.63. The number of carbonyl (C=O) groups excluding carboxylic acids is 1. The number of hydrogen-bond donors (Lipinski definition) is 2. The maximum atomic E-state index is 12.1. The van der Waals surface area contributed by atoms with Crippen LogP contribution in [-0.2, 0) is 11.3 Å². The third-order valence-corrected chi connectivity index (χ3v) is 4.58. The van der Waals surface area contributed by atoms with Crippen LogP contribution in [-0.4, -0.2) is 21.1 Å². The maximum Gasteiger partial charge on any atom is 0.226 e. The number of amides is 1. The molecular weight excluding hydrogens is 332 g/mol. The van der Waals surface area contributed by atoms with Gasteiger partial charge in [0.2, 0.25) is 5.91 Å². The molecule has 21 heavy (non-hydrogen) atoms. The first-order valence-electron chi connectivity index (χ1n) is 7.02. The highest BCUT2D eigenvalue weighted by molar-refractivity contribution is 9.10. The number of halogens is 1. The lowest BCUT2D eigenvalue weighted by Gasteiger charge is -2.36. The molecule has 2 N–H and O–H groups in total. The van der Waals surface area contributed by atoms with Gasteiger partial charge in [0, 0.05) is 15.5 Å². The Labute approximate surface area is 131 Å². The molecule has 110 valence electrons. The van der Waals surface area contributed by atoms with Crippen LogP contribution in [0.15, 0.2) is 28.7 Å². The molecule has 0 bridgehead atoms. The van der Waals surface area contributed by atoms with Gasteiger partial charge in [-0.05, 0) is 25.0 Å². The number of aromatic nitrogens is 3. The highest BCUT2D eigenvalue weighted by Gasteiger charge is 2.38. The van der Waals surface area contributed by atoms with Crippen LogP contribution in [0.25, 0.3) is 11.4 Å². The number of carbonyl (C=O) groups is 1. The predicted octanol–water partition coefficient (Wildman–Crippen LogP) is 3.04. The van der Waals surface area contributed by atoms with Crippen molar-refractivity contribution in [2.45, 2.75) is 32.7 Å². The van der Waals surface area contributed by atoms with Crippen LogP contribution in [0.2, 0.25) is 0 Å². The summed E-state index contributed by atoms with van der Waals surface area (Å²) in [5.74, 6) is 1.42. The molecule has 0 aliphatic heterocycles. The van der Waals surface area contributed by atoms with Crippen LogP contribution in [0.3, 0.4) is 0 Å². The van der Waals surface area contributed by atoms with Gasteiger partial charge in [-0.3, -0.25) is 9.89 Å². The molecule has 1 aliphatic rings. The molecule has 1 saturated carbocycles. The largest absolute Gasteiger partial charge is 0.348 e. The fourth-order valence-corrected chi connectivity index (χ4v) is 2.68. The summed E-state index contributed by atoms with van der Waals surface area (Å²) in [4.78, 5) is 16.5. The molecule has 1 aromatic heterocycles. The van der Waals surface area contributed by atoms with Crippen LogP contribution in [0.4, 0.5) is 0 Å². The first-order valence-corrected chi connectivity index (χ1v) is 7.82. The number of nitrogens with one attached hydrogen (secondary N) is 2. The van der Waals surface area contributed by atoms with Gasteiger partial charge in [0.1, 0.15) is 5.82 Å². The Morgan fingerprint density at radius 2 is 2.10 bits per heavy atom. The van der Waals surface area contributed by atoms with Gasteiger partial charge in [-0.25, -0.2) is 4.98 Å². The van der Waals surface area contributed by atoms with Crippen molar-refractivity contribution in [1.82, 2.24) is 20.5 Å². The number of nitrogens with zero attached hydrogens (tertiary/aromatic N) is 2. The lowest BCUT2D eigenvalue weighted by Crippen LogP contribution is -2.43. The average molecular weight is 349 g/mol. The van der Waals surface area contributed by atoms with E-state index in [1.54, 1.807) is 0 Å². The predicted molar refractivity (Wildman–Crippen MR) is 83.3 cm³/mol. The zero-order chi connectivity index (χ0) is 14.9.